The Morgan fingerprint density at radius 2 is 1.81 bits per heavy atom. The zero-order chi connectivity index (χ0) is 19.7. The van der Waals surface area contributed by atoms with Crippen LogP contribution in [0.15, 0.2) is 30.3 Å². The minimum Gasteiger partial charge on any atom is -0.480 e. The molecule has 0 saturated carbocycles. The van der Waals surface area contributed by atoms with Crippen molar-refractivity contribution in [2.75, 3.05) is 13.6 Å². The molecule has 0 fully saturated rings. The van der Waals surface area contributed by atoms with Gasteiger partial charge in [-0.2, -0.15) is 0 Å². The normalized spacial score (nSPS) is 11.4. The number of amides is 1. The van der Waals surface area contributed by atoms with Crippen LogP contribution < -0.4 is 5.32 Å². The maximum absolute atomic E-state index is 12.0. The lowest BCUT2D eigenvalue weighted by atomic mass is 10.1. The summed E-state index contributed by atoms with van der Waals surface area (Å²) in [5.41, 5.74) is 0.765. The molecule has 1 unspecified atom stereocenters. The second-order valence-electron chi connectivity index (χ2n) is 5.89. The number of hydrogen-bond acceptors (Lipinski definition) is 6. The summed E-state index contributed by atoms with van der Waals surface area (Å²) in [5.74, 6) is -2.47. The highest BCUT2D eigenvalue weighted by molar-refractivity contribution is 5.93. The van der Waals surface area contributed by atoms with Gasteiger partial charge in [0, 0.05) is 13.0 Å². The molecule has 26 heavy (non-hydrogen) atoms. The Balaban J connectivity index is 2.56. The highest BCUT2D eigenvalue weighted by atomic mass is 16.7. The molecule has 9 heteroatoms. The predicted molar refractivity (Wildman–Crippen MR) is 92.5 cm³/mol. The summed E-state index contributed by atoms with van der Waals surface area (Å²) in [4.78, 5) is 35.5. The number of ether oxygens (including phenoxy) is 2. The third-order valence-corrected chi connectivity index (χ3v) is 3.18. The number of likely N-dealkylation sites (N-methyl/N-ethyl adjacent to an activating group) is 1. The number of guanidine groups is 1. The molecular formula is C17H23N3O6. The predicted octanol–water partition coefficient (Wildman–Crippen LogP) is 1.43. The zero-order valence-electron chi connectivity index (χ0n) is 14.9. The van der Waals surface area contributed by atoms with E-state index in [-0.39, 0.29) is 12.3 Å². The first-order valence-electron chi connectivity index (χ1n) is 7.91. The first-order chi connectivity index (χ1) is 12.2. The Hall–Kier alpha value is -3.10. The Kier molecular flexibility index (Phi) is 8.07. The van der Waals surface area contributed by atoms with Gasteiger partial charge in [-0.15, -0.1) is 0 Å². The molecule has 0 aliphatic heterocycles. The lowest BCUT2D eigenvalue weighted by Crippen LogP contribution is -2.45. The van der Waals surface area contributed by atoms with Crippen LogP contribution in [0.5, 0.6) is 0 Å². The third kappa shape index (κ3) is 7.65. The Bertz CT molecular complexity index is 647. The van der Waals surface area contributed by atoms with Crippen LogP contribution in [0.25, 0.3) is 0 Å². The Morgan fingerprint density at radius 3 is 2.35 bits per heavy atom. The maximum Gasteiger partial charge on any atom is 0.417 e. The van der Waals surface area contributed by atoms with Gasteiger partial charge in [0.25, 0.3) is 6.29 Å². The summed E-state index contributed by atoms with van der Waals surface area (Å²) in [6.45, 7) is 2.95. The number of rotatable bonds is 7. The van der Waals surface area contributed by atoms with Gasteiger partial charge >= 0.3 is 18.0 Å². The van der Waals surface area contributed by atoms with Gasteiger partial charge in [-0.05, 0) is 5.56 Å². The summed E-state index contributed by atoms with van der Waals surface area (Å²) >= 11 is 0. The number of aliphatic carboxylic acids is 1. The summed E-state index contributed by atoms with van der Waals surface area (Å²) in [7, 11) is 1.33. The van der Waals surface area contributed by atoms with Crippen LogP contribution in [-0.2, 0) is 25.5 Å². The summed E-state index contributed by atoms with van der Waals surface area (Å²) in [6.07, 6.45) is -2.12. The molecule has 0 heterocycles. The molecule has 3 N–H and O–H groups in total. The van der Waals surface area contributed by atoms with E-state index in [1.165, 1.54) is 7.05 Å². The monoisotopic (exact) mass is 365 g/mol. The van der Waals surface area contributed by atoms with Crippen LogP contribution in [0.2, 0.25) is 0 Å². The van der Waals surface area contributed by atoms with E-state index in [4.69, 9.17) is 20.0 Å². The van der Waals surface area contributed by atoms with E-state index in [9.17, 15) is 14.4 Å². The van der Waals surface area contributed by atoms with Crippen LogP contribution >= 0.6 is 0 Å². The van der Waals surface area contributed by atoms with Crippen LogP contribution in [-0.4, -0.2) is 53.9 Å². The fourth-order valence-electron chi connectivity index (χ4n) is 1.84. The average molecular weight is 365 g/mol. The largest absolute Gasteiger partial charge is 0.480 e. The first kappa shape index (κ1) is 20.9. The number of alkyl carbamates (subject to hydrolysis) is 1. The molecule has 0 spiro atoms. The average Bonchev–Trinajstić information content (AvgIpc) is 2.54. The third-order valence-electron chi connectivity index (χ3n) is 3.18. The van der Waals surface area contributed by atoms with Crippen molar-refractivity contribution in [1.29, 1.82) is 5.41 Å². The van der Waals surface area contributed by atoms with Crippen LogP contribution in [0.3, 0.4) is 0 Å². The Morgan fingerprint density at radius 1 is 1.19 bits per heavy atom. The lowest BCUT2D eigenvalue weighted by molar-refractivity contribution is -0.173. The number of hydrogen-bond donors (Lipinski definition) is 3. The Labute approximate surface area is 151 Å². The molecule has 1 atom stereocenters. The summed E-state index contributed by atoms with van der Waals surface area (Å²) in [6, 6.07) is 8.98. The lowest BCUT2D eigenvalue weighted by Gasteiger charge is -2.23. The number of carboxylic acid groups (broad SMARTS) is 1. The van der Waals surface area contributed by atoms with Crippen molar-refractivity contribution < 1.29 is 29.0 Å². The maximum atomic E-state index is 12.0. The molecule has 1 amide bonds. The van der Waals surface area contributed by atoms with Gasteiger partial charge in [0.05, 0.1) is 6.42 Å². The topological polar surface area (TPSA) is 129 Å². The molecule has 0 aliphatic rings. The van der Waals surface area contributed by atoms with Crippen molar-refractivity contribution in [2.45, 2.75) is 26.6 Å². The fraction of sp³-hybridized carbons (Fsp3) is 0.412. The van der Waals surface area contributed by atoms with Crippen molar-refractivity contribution in [2.24, 2.45) is 5.92 Å². The van der Waals surface area contributed by atoms with Crippen molar-refractivity contribution in [3.63, 3.8) is 0 Å². The van der Waals surface area contributed by atoms with Gasteiger partial charge < -0.3 is 19.5 Å². The minimum atomic E-state index is -1.15. The minimum absolute atomic E-state index is 0.0339. The quantitative estimate of drug-likeness (QED) is 0.288. The number of nitrogens with one attached hydrogen (secondary N) is 2. The van der Waals surface area contributed by atoms with Crippen LogP contribution in [0.4, 0.5) is 4.79 Å². The molecule has 0 aromatic heterocycles. The van der Waals surface area contributed by atoms with E-state index in [1.54, 1.807) is 38.1 Å². The highest BCUT2D eigenvalue weighted by Crippen LogP contribution is 2.11. The molecule has 0 saturated heterocycles. The number of benzene rings is 1. The summed E-state index contributed by atoms with van der Waals surface area (Å²) < 4.78 is 10.2. The van der Waals surface area contributed by atoms with E-state index in [0.29, 0.717) is 0 Å². The van der Waals surface area contributed by atoms with Crippen LogP contribution in [0, 0.1) is 11.3 Å². The number of carboxylic acids is 1. The molecule has 1 rings (SSSR count). The van der Waals surface area contributed by atoms with Crippen LogP contribution in [0.1, 0.15) is 19.4 Å². The molecule has 142 valence electrons. The van der Waals surface area contributed by atoms with E-state index in [0.717, 1.165) is 10.5 Å². The van der Waals surface area contributed by atoms with Crippen molar-refractivity contribution >= 4 is 24.0 Å². The molecule has 0 bridgehead atoms. The van der Waals surface area contributed by atoms with E-state index in [2.05, 4.69) is 5.32 Å². The molecular weight excluding hydrogens is 342 g/mol. The second kappa shape index (κ2) is 10.0. The number of nitrogens with zero attached hydrogens (tertiary/aromatic N) is 1. The first-order valence-corrected chi connectivity index (χ1v) is 7.91. The van der Waals surface area contributed by atoms with Gasteiger partial charge in [-0.1, -0.05) is 44.2 Å². The van der Waals surface area contributed by atoms with Crippen molar-refractivity contribution in [3.8, 4) is 0 Å². The number of esters is 1. The van der Waals surface area contributed by atoms with Gasteiger partial charge in [0.15, 0.2) is 0 Å². The SMILES string of the molecule is CC(C)C(OC(=O)Cc1ccccc1)OC(=O)NC(=N)N(C)CC(=O)O. The fourth-order valence-corrected chi connectivity index (χ4v) is 1.84. The van der Waals surface area contributed by atoms with Gasteiger partial charge in [0.2, 0.25) is 5.96 Å². The number of carbonyl (C=O) groups is 3. The van der Waals surface area contributed by atoms with E-state index in [1.807, 2.05) is 6.07 Å². The zero-order valence-corrected chi connectivity index (χ0v) is 14.9. The van der Waals surface area contributed by atoms with Gasteiger partial charge in [0.1, 0.15) is 6.54 Å². The van der Waals surface area contributed by atoms with E-state index >= 15 is 0 Å². The molecule has 0 aliphatic carbocycles. The number of carbonyl (C=O) groups excluding carboxylic acids is 2. The molecule has 1 aromatic carbocycles. The smallest absolute Gasteiger partial charge is 0.417 e. The molecule has 1 aromatic rings. The van der Waals surface area contributed by atoms with Gasteiger partial charge in [-0.25, -0.2) is 4.79 Å². The second-order valence-corrected chi connectivity index (χ2v) is 5.89. The standard InChI is InChI=1S/C17H23N3O6/c1-11(2)15(25-14(23)9-12-7-5-4-6-8-12)26-17(24)19-16(18)20(3)10-13(21)22/h4-8,11,15H,9-10H2,1-3H3,(H,21,22)(H2,18,19,24). The molecule has 0 radical (unpaired) electrons. The van der Waals surface area contributed by atoms with Crippen molar-refractivity contribution in [1.82, 2.24) is 10.2 Å². The molecule has 9 nitrogen and oxygen atoms in total. The van der Waals surface area contributed by atoms with Crippen molar-refractivity contribution in [3.05, 3.63) is 35.9 Å². The van der Waals surface area contributed by atoms with E-state index < -0.39 is 36.8 Å². The summed E-state index contributed by atoms with van der Waals surface area (Å²) in [5, 5.41) is 18.4. The highest BCUT2D eigenvalue weighted by Gasteiger charge is 2.24. The van der Waals surface area contributed by atoms with Gasteiger partial charge in [-0.3, -0.25) is 20.3 Å².